The Kier molecular flexibility index (Phi) is 3.66. The Morgan fingerprint density at radius 3 is 1.54 bits per heavy atom. The molecule has 0 unspecified atom stereocenters. The Labute approximate surface area is 152 Å². The summed E-state index contributed by atoms with van der Waals surface area (Å²) in [7, 11) is 0. The van der Waals surface area contributed by atoms with Gasteiger partial charge in [-0.1, -0.05) is 59.7 Å². The minimum atomic E-state index is -0.0767. The minimum absolute atomic E-state index is 0.0767. The highest BCUT2D eigenvalue weighted by molar-refractivity contribution is 7.80. The van der Waals surface area contributed by atoms with Crippen LogP contribution in [0.3, 0.4) is 0 Å². The Morgan fingerprint density at radius 1 is 0.750 bits per heavy atom. The predicted molar refractivity (Wildman–Crippen MR) is 103 cm³/mol. The average molecular weight is 355 g/mol. The highest BCUT2D eigenvalue weighted by Crippen LogP contribution is 2.36. The zero-order valence-corrected chi connectivity index (χ0v) is 15.1. The number of nitrogens with one attached hydrogen (secondary N) is 2. The molecule has 2 N–H and O–H groups in total. The van der Waals surface area contributed by atoms with Crippen molar-refractivity contribution in [2.75, 3.05) is 0 Å². The van der Waals surface area contributed by atoms with Crippen molar-refractivity contribution in [1.29, 1.82) is 0 Å². The molecule has 2 aromatic rings. The molecule has 0 aliphatic carbocycles. The molecular formula is C18H18N4S2. The fraction of sp³-hybridized carbons (Fsp3) is 0.222. The lowest BCUT2D eigenvalue weighted by atomic mass is 10.1. The van der Waals surface area contributed by atoms with Gasteiger partial charge in [0.15, 0.2) is 10.2 Å². The summed E-state index contributed by atoms with van der Waals surface area (Å²) < 4.78 is 0. The molecule has 2 heterocycles. The molecule has 122 valence electrons. The Balaban J connectivity index is 1.72. The van der Waals surface area contributed by atoms with E-state index in [1.54, 1.807) is 0 Å². The molecule has 4 nitrogen and oxygen atoms in total. The van der Waals surface area contributed by atoms with Crippen LogP contribution in [-0.4, -0.2) is 20.2 Å². The van der Waals surface area contributed by atoms with Gasteiger partial charge in [0.25, 0.3) is 0 Å². The maximum atomic E-state index is 5.60. The summed E-state index contributed by atoms with van der Waals surface area (Å²) in [6, 6.07) is 16.8. The molecule has 2 atom stereocenters. The highest BCUT2D eigenvalue weighted by Gasteiger charge is 2.47. The van der Waals surface area contributed by atoms with Crippen LogP contribution in [0.15, 0.2) is 48.5 Å². The largest absolute Gasteiger partial charge is 0.336 e. The van der Waals surface area contributed by atoms with Gasteiger partial charge in [0.1, 0.15) is 12.3 Å². The van der Waals surface area contributed by atoms with E-state index >= 15 is 0 Å². The number of hydrogen-bond acceptors (Lipinski definition) is 2. The molecule has 0 aromatic heterocycles. The monoisotopic (exact) mass is 354 g/mol. The van der Waals surface area contributed by atoms with E-state index in [-0.39, 0.29) is 12.3 Å². The molecule has 2 aliphatic rings. The van der Waals surface area contributed by atoms with Gasteiger partial charge < -0.3 is 10.6 Å². The van der Waals surface area contributed by atoms with E-state index in [2.05, 4.69) is 73.0 Å². The van der Waals surface area contributed by atoms with Crippen molar-refractivity contribution >= 4 is 34.7 Å². The summed E-state index contributed by atoms with van der Waals surface area (Å²) >= 11 is 11.2. The molecule has 6 heteroatoms. The van der Waals surface area contributed by atoms with Gasteiger partial charge in [0.2, 0.25) is 0 Å². The third-order valence-corrected chi connectivity index (χ3v) is 4.98. The third-order valence-electron chi connectivity index (χ3n) is 4.37. The van der Waals surface area contributed by atoms with Gasteiger partial charge in [-0.15, -0.1) is 0 Å². The number of benzene rings is 2. The van der Waals surface area contributed by atoms with E-state index in [0.29, 0.717) is 10.2 Å². The zero-order valence-electron chi connectivity index (χ0n) is 13.5. The van der Waals surface area contributed by atoms with Crippen LogP contribution in [0.1, 0.15) is 34.6 Å². The molecule has 0 spiro atoms. The third kappa shape index (κ3) is 2.42. The number of thiocarbonyl (C=S) groups is 2. The average Bonchev–Trinajstić information content (AvgIpc) is 3.07. The summed E-state index contributed by atoms with van der Waals surface area (Å²) in [4.78, 5) is 0. The lowest BCUT2D eigenvalue weighted by Gasteiger charge is -2.27. The fourth-order valence-corrected chi connectivity index (χ4v) is 3.91. The lowest BCUT2D eigenvalue weighted by Crippen LogP contribution is -2.36. The number of hydrazine groups is 1. The molecule has 2 aliphatic heterocycles. The van der Waals surface area contributed by atoms with Crippen LogP contribution >= 0.6 is 24.4 Å². The maximum absolute atomic E-state index is 5.60. The summed E-state index contributed by atoms with van der Waals surface area (Å²) in [6.45, 7) is 4.18. The number of nitrogens with zero attached hydrogens (tertiary/aromatic N) is 2. The van der Waals surface area contributed by atoms with Crippen LogP contribution in [-0.2, 0) is 0 Å². The van der Waals surface area contributed by atoms with Gasteiger partial charge >= 0.3 is 0 Å². The Morgan fingerprint density at radius 2 is 1.17 bits per heavy atom. The fourth-order valence-electron chi connectivity index (χ4n) is 3.30. The highest BCUT2D eigenvalue weighted by atomic mass is 32.1. The van der Waals surface area contributed by atoms with E-state index < -0.39 is 0 Å². The van der Waals surface area contributed by atoms with Crippen LogP contribution in [0.25, 0.3) is 0 Å². The smallest absolute Gasteiger partial charge is 0.192 e. The first-order chi connectivity index (χ1) is 11.5. The van der Waals surface area contributed by atoms with Gasteiger partial charge in [-0.3, -0.25) is 0 Å². The van der Waals surface area contributed by atoms with Crippen molar-refractivity contribution in [3.63, 3.8) is 0 Å². The first-order valence-corrected chi connectivity index (χ1v) is 8.69. The van der Waals surface area contributed by atoms with E-state index in [4.69, 9.17) is 24.4 Å². The minimum Gasteiger partial charge on any atom is -0.336 e. The van der Waals surface area contributed by atoms with Crippen molar-refractivity contribution < 1.29 is 0 Å². The van der Waals surface area contributed by atoms with Crippen LogP contribution in [0.5, 0.6) is 0 Å². The molecule has 0 bridgehead atoms. The molecule has 2 fully saturated rings. The summed E-state index contributed by atoms with van der Waals surface area (Å²) in [6.07, 6.45) is -0.153. The number of aryl methyl sites for hydroxylation is 2. The van der Waals surface area contributed by atoms with Gasteiger partial charge in [-0.25, -0.2) is 10.0 Å². The second-order valence-electron chi connectivity index (χ2n) is 6.22. The van der Waals surface area contributed by atoms with Crippen molar-refractivity contribution in [2.45, 2.75) is 26.2 Å². The first kappa shape index (κ1) is 15.4. The number of rotatable bonds is 2. The topological polar surface area (TPSA) is 30.5 Å². The van der Waals surface area contributed by atoms with Crippen molar-refractivity contribution in [3.8, 4) is 0 Å². The molecule has 2 saturated heterocycles. The second kappa shape index (κ2) is 5.72. The zero-order chi connectivity index (χ0) is 16.8. The summed E-state index contributed by atoms with van der Waals surface area (Å²) in [5.41, 5.74) is 4.72. The second-order valence-corrected chi connectivity index (χ2v) is 6.99. The molecule has 24 heavy (non-hydrogen) atoms. The van der Waals surface area contributed by atoms with Crippen LogP contribution in [0.2, 0.25) is 0 Å². The molecular weight excluding hydrogens is 336 g/mol. The van der Waals surface area contributed by atoms with E-state index in [1.165, 1.54) is 11.1 Å². The van der Waals surface area contributed by atoms with Gasteiger partial charge in [-0.05, 0) is 49.4 Å². The van der Waals surface area contributed by atoms with E-state index in [0.717, 1.165) is 11.1 Å². The molecule has 0 radical (unpaired) electrons. The Bertz CT molecular complexity index is 766. The Hall–Kier alpha value is -2.18. The lowest BCUT2D eigenvalue weighted by molar-refractivity contribution is 0.114. The quantitative estimate of drug-likeness (QED) is 0.805. The molecule has 2 aromatic carbocycles. The normalized spacial score (nSPS) is 22.4. The number of fused-ring (bicyclic) bond motifs is 1. The van der Waals surface area contributed by atoms with Gasteiger partial charge in [0, 0.05) is 0 Å². The SMILES string of the molecule is Cc1cccc([C@@H]2NC(=S)N3[C@H](c4cccc(C)c4)NC(=S)N23)c1. The van der Waals surface area contributed by atoms with Gasteiger partial charge in [0.05, 0.1) is 0 Å². The molecule has 0 amide bonds. The maximum Gasteiger partial charge on any atom is 0.192 e. The predicted octanol–water partition coefficient (Wildman–Crippen LogP) is 3.30. The van der Waals surface area contributed by atoms with Crippen molar-refractivity contribution in [2.24, 2.45) is 0 Å². The molecule has 4 rings (SSSR count). The van der Waals surface area contributed by atoms with Crippen LogP contribution < -0.4 is 10.6 Å². The van der Waals surface area contributed by atoms with Crippen molar-refractivity contribution in [3.05, 3.63) is 70.8 Å². The molecule has 0 saturated carbocycles. The number of hydrogen-bond donors (Lipinski definition) is 2. The summed E-state index contributed by atoms with van der Waals surface area (Å²) in [5.74, 6) is 0. The van der Waals surface area contributed by atoms with Crippen molar-refractivity contribution in [1.82, 2.24) is 20.7 Å². The standard InChI is InChI=1S/C18H18N4S2/c1-11-5-3-7-13(9-11)15-19-17(23)22-16(20-18(24)21(15)22)14-8-4-6-12(2)10-14/h3-10,15-16H,1-2H3,(H,19,23)(H,20,24)/t15-,16-/m1/s1. The van der Waals surface area contributed by atoms with E-state index in [1.807, 2.05) is 10.0 Å². The van der Waals surface area contributed by atoms with Crippen LogP contribution in [0.4, 0.5) is 0 Å². The van der Waals surface area contributed by atoms with Gasteiger partial charge in [-0.2, -0.15) is 0 Å². The van der Waals surface area contributed by atoms with Crippen LogP contribution in [0, 0.1) is 13.8 Å². The first-order valence-electron chi connectivity index (χ1n) is 7.87. The summed E-state index contributed by atoms with van der Waals surface area (Å²) in [5, 5.41) is 12.2. The van der Waals surface area contributed by atoms with E-state index in [9.17, 15) is 0 Å².